The zero-order valence-corrected chi connectivity index (χ0v) is 17.1. The Kier molecular flexibility index (Phi) is 6.75. The van der Waals surface area contributed by atoms with Crippen LogP contribution in [0.5, 0.6) is 5.88 Å². The summed E-state index contributed by atoms with van der Waals surface area (Å²) in [7, 11) is 1.56. The number of likely N-dealkylation sites (tertiary alicyclic amines) is 1. The van der Waals surface area contributed by atoms with Crippen LogP contribution < -0.4 is 10.1 Å². The number of carbonyl (C=O) groups excluding carboxylic acids is 1. The van der Waals surface area contributed by atoms with Gasteiger partial charge in [0.05, 0.1) is 22.8 Å². The standard InChI is InChI=1S/C20H22Cl2FN3O2/c1-28-18-4-2-3-15(25-18)12-24-13-20(23)7-9-26(10-8-20)19(27)14-5-6-16(21)17(22)11-14/h2-6,11,24H,7-10,12-13H2,1H3. The Morgan fingerprint density at radius 1 is 1.25 bits per heavy atom. The number of piperidine rings is 1. The number of hydrogen-bond acceptors (Lipinski definition) is 4. The van der Waals surface area contributed by atoms with Crippen molar-refractivity contribution in [1.82, 2.24) is 15.2 Å². The summed E-state index contributed by atoms with van der Waals surface area (Å²) in [5.74, 6) is 0.373. The molecule has 1 N–H and O–H groups in total. The highest BCUT2D eigenvalue weighted by molar-refractivity contribution is 6.42. The van der Waals surface area contributed by atoms with Gasteiger partial charge in [-0.15, -0.1) is 0 Å². The van der Waals surface area contributed by atoms with Crippen LogP contribution in [0.25, 0.3) is 0 Å². The van der Waals surface area contributed by atoms with Crippen LogP contribution in [-0.2, 0) is 6.54 Å². The van der Waals surface area contributed by atoms with Gasteiger partial charge in [-0.25, -0.2) is 9.37 Å². The average molecular weight is 426 g/mol. The van der Waals surface area contributed by atoms with E-state index in [2.05, 4.69) is 10.3 Å². The molecule has 0 atom stereocenters. The van der Waals surface area contributed by atoms with E-state index < -0.39 is 5.67 Å². The number of aromatic nitrogens is 1. The second-order valence-electron chi connectivity index (χ2n) is 6.85. The summed E-state index contributed by atoms with van der Waals surface area (Å²) in [6.45, 7) is 1.37. The number of benzene rings is 1. The molecule has 1 aliphatic rings. The number of methoxy groups -OCH3 is 1. The smallest absolute Gasteiger partial charge is 0.253 e. The highest BCUT2D eigenvalue weighted by Gasteiger charge is 2.35. The Balaban J connectivity index is 1.50. The molecular formula is C20H22Cl2FN3O2. The molecule has 28 heavy (non-hydrogen) atoms. The maximum absolute atomic E-state index is 15.1. The zero-order chi connectivity index (χ0) is 20.1. The summed E-state index contributed by atoms with van der Waals surface area (Å²) in [6.07, 6.45) is 0.553. The first-order valence-electron chi connectivity index (χ1n) is 9.04. The lowest BCUT2D eigenvalue weighted by Crippen LogP contribution is -2.48. The molecule has 3 rings (SSSR count). The van der Waals surface area contributed by atoms with Gasteiger partial charge in [0.15, 0.2) is 0 Å². The van der Waals surface area contributed by atoms with Crippen LogP contribution in [0.15, 0.2) is 36.4 Å². The van der Waals surface area contributed by atoms with E-state index in [0.29, 0.717) is 41.1 Å². The van der Waals surface area contributed by atoms with Crippen molar-refractivity contribution < 1.29 is 13.9 Å². The average Bonchev–Trinajstić information content (AvgIpc) is 2.70. The van der Waals surface area contributed by atoms with Crippen molar-refractivity contribution in [3.63, 3.8) is 0 Å². The number of ether oxygens (including phenoxy) is 1. The summed E-state index contributed by atoms with van der Waals surface area (Å²) < 4.78 is 20.2. The van der Waals surface area contributed by atoms with E-state index in [4.69, 9.17) is 27.9 Å². The number of alkyl halides is 1. The molecule has 2 aromatic rings. The largest absolute Gasteiger partial charge is 0.481 e. The van der Waals surface area contributed by atoms with Gasteiger partial charge >= 0.3 is 0 Å². The molecule has 1 aromatic heterocycles. The lowest BCUT2D eigenvalue weighted by molar-refractivity contribution is 0.0434. The monoisotopic (exact) mass is 425 g/mol. The van der Waals surface area contributed by atoms with Crippen molar-refractivity contribution in [1.29, 1.82) is 0 Å². The maximum atomic E-state index is 15.1. The maximum Gasteiger partial charge on any atom is 0.253 e. The first-order valence-corrected chi connectivity index (χ1v) is 9.80. The Bertz CT molecular complexity index is 842. The molecule has 1 aliphatic heterocycles. The molecule has 0 aliphatic carbocycles. The molecule has 8 heteroatoms. The van der Waals surface area contributed by atoms with Crippen molar-refractivity contribution in [2.75, 3.05) is 26.7 Å². The molecule has 1 amide bonds. The Hall–Kier alpha value is -1.89. The van der Waals surface area contributed by atoms with Gasteiger partial charge in [-0.05, 0) is 24.3 Å². The molecule has 0 unspecified atom stereocenters. The minimum Gasteiger partial charge on any atom is -0.481 e. The summed E-state index contributed by atoms with van der Waals surface area (Å²) in [6, 6.07) is 10.3. The molecule has 0 bridgehead atoms. The third kappa shape index (κ3) is 5.13. The fourth-order valence-corrected chi connectivity index (χ4v) is 3.48. The molecule has 2 heterocycles. The minimum absolute atomic E-state index is 0.158. The first kappa shape index (κ1) is 20.8. The third-order valence-corrected chi connectivity index (χ3v) is 5.59. The molecule has 0 saturated carbocycles. The van der Waals surface area contributed by atoms with E-state index in [1.54, 1.807) is 36.3 Å². The van der Waals surface area contributed by atoms with Crippen LogP contribution in [0.4, 0.5) is 4.39 Å². The van der Waals surface area contributed by atoms with Crippen LogP contribution in [0.1, 0.15) is 28.9 Å². The van der Waals surface area contributed by atoms with Crippen LogP contribution in [-0.4, -0.2) is 48.2 Å². The van der Waals surface area contributed by atoms with Crippen molar-refractivity contribution >= 4 is 29.1 Å². The predicted molar refractivity (Wildman–Crippen MR) is 108 cm³/mol. The van der Waals surface area contributed by atoms with E-state index in [1.807, 2.05) is 12.1 Å². The molecule has 1 aromatic carbocycles. The number of halogens is 3. The van der Waals surface area contributed by atoms with Gasteiger partial charge in [-0.3, -0.25) is 4.79 Å². The number of nitrogens with zero attached hydrogens (tertiary/aromatic N) is 2. The van der Waals surface area contributed by atoms with Gasteiger partial charge in [0.25, 0.3) is 5.91 Å². The molecule has 1 fully saturated rings. The minimum atomic E-state index is -1.35. The molecule has 0 radical (unpaired) electrons. The Labute approximate surface area is 173 Å². The van der Waals surface area contributed by atoms with E-state index in [1.165, 1.54) is 0 Å². The van der Waals surface area contributed by atoms with Crippen LogP contribution in [0.3, 0.4) is 0 Å². The molecule has 5 nitrogen and oxygen atoms in total. The summed E-state index contributed by atoms with van der Waals surface area (Å²) >= 11 is 11.9. The topological polar surface area (TPSA) is 54.5 Å². The molecule has 150 valence electrons. The lowest BCUT2D eigenvalue weighted by atomic mass is 9.92. The van der Waals surface area contributed by atoms with Gasteiger partial charge in [0, 0.05) is 50.7 Å². The van der Waals surface area contributed by atoms with Gasteiger partial charge in [-0.1, -0.05) is 29.3 Å². The number of carbonyl (C=O) groups is 1. The lowest BCUT2D eigenvalue weighted by Gasteiger charge is -2.36. The van der Waals surface area contributed by atoms with E-state index in [9.17, 15) is 4.79 Å². The number of nitrogens with one attached hydrogen (secondary N) is 1. The fourth-order valence-electron chi connectivity index (χ4n) is 3.18. The fraction of sp³-hybridized carbons (Fsp3) is 0.400. The number of pyridine rings is 1. The van der Waals surface area contributed by atoms with Crippen molar-refractivity contribution in [2.45, 2.75) is 25.1 Å². The molecular weight excluding hydrogens is 404 g/mol. The first-order chi connectivity index (χ1) is 13.4. The van der Waals surface area contributed by atoms with Gasteiger partial charge < -0.3 is 15.0 Å². The van der Waals surface area contributed by atoms with E-state index in [0.717, 1.165) is 5.69 Å². The van der Waals surface area contributed by atoms with Crippen molar-refractivity contribution in [3.8, 4) is 5.88 Å². The van der Waals surface area contributed by atoms with Gasteiger partial charge in [-0.2, -0.15) is 0 Å². The third-order valence-electron chi connectivity index (χ3n) is 4.85. The predicted octanol–water partition coefficient (Wildman–Crippen LogP) is 4.13. The quantitative estimate of drug-likeness (QED) is 0.755. The molecule has 1 saturated heterocycles. The number of amides is 1. The normalized spacial score (nSPS) is 16.1. The van der Waals surface area contributed by atoms with Gasteiger partial charge in [0.2, 0.25) is 5.88 Å². The van der Waals surface area contributed by atoms with E-state index >= 15 is 4.39 Å². The summed E-state index contributed by atoms with van der Waals surface area (Å²) in [4.78, 5) is 18.6. The summed E-state index contributed by atoms with van der Waals surface area (Å²) in [5, 5.41) is 3.86. The molecule has 0 spiro atoms. The highest BCUT2D eigenvalue weighted by Crippen LogP contribution is 2.28. The second kappa shape index (κ2) is 9.07. The summed E-state index contributed by atoms with van der Waals surface area (Å²) in [5.41, 5.74) is -0.106. The van der Waals surface area contributed by atoms with Crippen molar-refractivity contribution in [2.24, 2.45) is 0 Å². The van der Waals surface area contributed by atoms with Crippen LogP contribution >= 0.6 is 23.2 Å². The zero-order valence-electron chi connectivity index (χ0n) is 15.6. The van der Waals surface area contributed by atoms with Crippen molar-refractivity contribution in [3.05, 3.63) is 57.7 Å². The number of rotatable bonds is 6. The number of hydrogen-bond donors (Lipinski definition) is 1. The highest BCUT2D eigenvalue weighted by atomic mass is 35.5. The van der Waals surface area contributed by atoms with E-state index in [-0.39, 0.29) is 25.3 Å². The Morgan fingerprint density at radius 2 is 2.00 bits per heavy atom. The SMILES string of the molecule is COc1cccc(CNCC2(F)CCN(C(=O)c3ccc(Cl)c(Cl)c3)CC2)n1. The Morgan fingerprint density at radius 3 is 2.68 bits per heavy atom. The second-order valence-corrected chi connectivity index (χ2v) is 7.66. The van der Waals surface area contributed by atoms with Gasteiger partial charge in [0.1, 0.15) is 5.67 Å². The van der Waals surface area contributed by atoms with Crippen LogP contribution in [0.2, 0.25) is 10.0 Å². The van der Waals surface area contributed by atoms with Crippen LogP contribution in [0, 0.1) is 0 Å².